The van der Waals surface area contributed by atoms with Gasteiger partial charge in [-0.15, -0.1) is 0 Å². The van der Waals surface area contributed by atoms with Crippen molar-refractivity contribution in [2.45, 2.75) is 54.2 Å². The van der Waals surface area contributed by atoms with Crippen molar-refractivity contribution in [3.05, 3.63) is 11.8 Å². The fraction of sp³-hybridized carbons (Fsp3) is 0.867. The molecule has 0 spiro atoms. The van der Waals surface area contributed by atoms with Crippen LogP contribution in [0.15, 0.2) is 11.8 Å². The first-order chi connectivity index (χ1) is 16.2. The molecule has 0 aromatic heterocycles. The van der Waals surface area contributed by atoms with Gasteiger partial charge in [-0.1, -0.05) is 0 Å². The van der Waals surface area contributed by atoms with E-state index in [9.17, 15) is 74.6 Å². The zero-order valence-corrected chi connectivity index (χ0v) is 19.2. The van der Waals surface area contributed by atoms with E-state index in [1.165, 1.54) is 0 Å². The van der Waals surface area contributed by atoms with Gasteiger partial charge in [0, 0.05) is 27.4 Å². The first kappa shape index (κ1) is 35.4. The summed E-state index contributed by atoms with van der Waals surface area (Å²) in [5.41, 5.74) is 0. The molecule has 0 radical (unpaired) electrons. The molecule has 0 aromatic carbocycles. The van der Waals surface area contributed by atoms with Crippen molar-refractivity contribution < 1.29 is 92.7 Å². The Morgan fingerprint density at radius 3 is 1.27 bits per heavy atom. The first-order valence-corrected chi connectivity index (χ1v) is 10.8. The molecule has 0 atom stereocenters. The van der Waals surface area contributed by atoms with Crippen molar-refractivity contribution in [1.82, 2.24) is 0 Å². The lowest BCUT2D eigenvalue weighted by Gasteiger charge is -2.41. The molecule has 0 aliphatic carbocycles. The molecule has 0 saturated carbocycles. The van der Waals surface area contributed by atoms with Crippen molar-refractivity contribution in [3.63, 3.8) is 0 Å². The van der Waals surface area contributed by atoms with Crippen LogP contribution < -0.4 is 0 Å². The minimum atomic E-state index is -8.63. The molecule has 0 aliphatic rings. The van der Waals surface area contributed by atoms with Gasteiger partial charge in [-0.25, -0.2) is 0 Å². The second kappa shape index (κ2) is 10.9. The fourth-order valence-electron chi connectivity index (χ4n) is 2.30. The Kier molecular flexibility index (Phi) is 10.4. The molecule has 0 saturated heterocycles. The highest BCUT2D eigenvalue weighted by Gasteiger charge is 2.93. The number of ether oxygens (including phenoxy) is 1. The van der Waals surface area contributed by atoms with Gasteiger partial charge >= 0.3 is 56.5 Å². The summed E-state index contributed by atoms with van der Waals surface area (Å²) in [6.07, 6.45) is -8.36. The number of alkyl halides is 15. The number of hydrogen-bond donors (Lipinski definition) is 0. The maximum absolute atomic E-state index is 13.6. The molecule has 0 unspecified atom stereocenters. The Morgan fingerprint density at radius 2 is 0.919 bits per heavy atom. The summed E-state index contributed by atoms with van der Waals surface area (Å²) in [5.74, 6) is -54.1. The monoisotopic (exact) mass is 610 g/mol. The molecule has 4 nitrogen and oxygen atoms in total. The Labute approximate surface area is 196 Å². The Balaban J connectivity index is 6.19. The molecular weight excluding hydrogens is 595 g/mol. The molecule has 0 amide bonds. The summed E-state index contributed by atoms with van der Waals surface area (Å²) in [7, 11) is -0.306. The molecule has 0 aromatic rings. The average Bonchev–Trinajstić information content (AvgIpc) is 2.77. The van der Waals surface area contributed by atoms with E-state index in [2.05, 4.69) is 4.74 Å². The molecule has 37 heavy (non-hydrogen) atoms. The van der Waals surface area contributed by atoms with Crippen LogP contribution in [0.2, 0.25) is 6.04 Å². The van der Waals surface area contributed by atoms with E-state index in [-0.39, 0.29) is 6.04 Å². The maximum Gasteiger partial charge on any atom is 0.500 e. The van der Waals surface area contributed by atoms with Gasteiger partial charge in [-0.2, -0.15) is 74.6 Å². The van der Waals surface area contributed by atoms with Crippen LogP contribution in [0.1, 0.15) is 6.42 Å². The van der Waals surface area contributed by atoms with Gasteiger partial charge in [-0.05, 0) is 6.42 Å². The lowest BCUT2D eigenvalue weighted by atomic mass is 9.91. The summed E-state index contributed by atoms with van der Waals surface area (Å²) in [6.45, 7) is -1.26. The third-order valence-corrected chi connectivity index (χ3v) is 7.40. The average molecular weight is 610 g/mol. The van der Waals surface area contributed by atoms with Gasteiger partial charge in [0.05, 0.1) is 6.61 Å². The third-order valence-electron chi connectivity index (χ3n) is 4.57. The predicted octanol–water partition coefficient (Wildman–Crippen LogP) is 6.75. The van der Waals surface area contributed by atoms with Gasteiger partial charge in [-0.3, -0.25) is 0 Å². The van der Waals surface area contributed by atoms with Crippen LogP contribution in [0.4, 0.5) is 74.6 Å². The molecule has 0 rings (SSSR count). The van der Waals surface area contributed by atoms with E-state index in [0.29, 0.717) is 0 Å². The molecule has 0 N–H and O–H groups in total. The van der Waals surface area contributed by atoms with Crippen molar-refractivity contribution in [1.29, 1.82) is 0 Å². The summed E-state index contributed by atoms with van der Waals surface area (Å²) in [5, 5.41) is 0. The van der Waals surface area contributed by atoms with Gasteiger partial charge in [0.1, 0.15) is 0 Å². The molecule has 0 aliphatic heterocycles. The van der Waals surface area contributed by atoms with Crippen molar-refractivity contribution >= 4 is 8.80 Å². The van der Waals surface area contributed by atoms with Crippen LogP contribution in [-0.4, -0.2) is 78.5 Å². The Hall–Kier alpha value is -1.55. The smallest absolute Gasteiger partial charge is 0.469 e. The summed E-state index contributed by atoms with van der Waals surface area (Å²) < 4.78 is 241. The van der Waals surface area contributed by atoms with E-state index in [4.69, 9.17) is 13.3 Å². The normalized spacial score (nSPS) is 16.1. The van der Waals surface area contributed by atoms with Crippen LogP contribution in [0.3, 0.4) is 0 Å². The van der Waals surface area contributed by atoms with Gasteiger partial charge < -0.3 is 18.0 Å². The second-order valence-electron chi connectivity index (χ2n) is 6.78. The minimum Gasteiger partial charge on any atom is -0.469 e. The van der Waals surface area contributed by atoms with Crippen LogP contribution in [-0.2, 0) is 18.0 Å². The highest BCUT2D eigenvalue weighted by Crippen LogP contribution is 2.63. The van der Waals surface area contributed by atoms with E-state index < -0.39 is 75.4 Å². The van der Waals surface area contributed by atoms with Crippen LogP contribution >= 0.6 is 0 Å². The first-order valence-electron chi connectivity index (χ1n) is 8.90. The SMILES string of the molecule is CO[Si](CCCOC(F)=C(F)C(F)(F)C(F)(F)C(F)(F)C(F)(F)C(F)(F)C(F)(F)C(F)(F)F)(OC)OC. The van der Waals surface area contributed by atoms with E-state index in [1.54, 1.807) is 0 Å². The number of hydrogen-bond acceptors (Lipinski definition) is 4. The quantitative estimate of drug-likeness (QED) is 0.0944. The van der Waals surface area contributed by atoms with Crippen molar-refractivity contribution in [2.75, 3.05) is 27.9 Å². The standard InChI is InChI=1S/C15H15F17O4Si/c1-33-37(34-2,35-3)6-4-5-36-8(17)7(16)9(18,19)10(20,21)11(22,23)12(24,25)13(26,27)14(28,29)15(30,31)32/h4-6H2,1-3H3. The van der Waals surface area contributed by atoms with Crippen molar-refractivity contribution in [3.8, 4) is 0 Å². The predicted molar refractivity (Wildman–Crippen MR) is 87.1 cm³/mol. The summed E-state index contributed by atoms with van der Waals surface area (Å²) in [4.78, 5) is 0. The zero-order chi connectivity index (χ0) is 30.1. The van der Waals surface area contributed by atoms with Crippen LogP contribution in [0.25, 0.3) is 0 Å². The highest BCUT2D eigenvalue weighted by atomic mass is 28.4. The molecule has 0 fully saturated rings. The van der Waals surface area contributed by atoms with Crippen LogP contribution in [0.5, 0.6) is 0 Å². The molecular formula is C15H15F17O4Si. The highest BCUT2D eigenvalue weighted by molar-refractivity contribution is 6.60. The van der Waals surface area contributed by atoms with Gasteiger partial charge in [0.15, 0.2) is 0 Å². The number of allylic oxidation sites excluding steroid dienone is 1. The topological polar surface area (TPSA) is 36.9 Å². The van der Waals surface area contributed by atoms with Crippen molar-refractivity contribution in [2.24, 2.45) is 0 Å². The molecule has 222 valence electrons. The summed E-state index contributed by atoms with van der Waals surface area (Å²) >= 11 is 0. The lowest BCUT2D eigenvalue weighted by molar-refractivity contribution is -0.451. The minimum absolute atomic E-state index is 0.356. The Bertz CT molecular complexity index is 799. The summed E-state index contributed by atoms with van der Waals surface area (Å²) in [6, 6.07) is -3.83. The lowest BCUT2D eigenvalue weighted by Crippen LogP contribution is -2.72. The van der Waals surface area contributed by atoms with Gasteiger partial charge in [0.2, 0.25) is 5.83 Å². The molecule has 0 heterocycles. The van der Waals surface area contributed by atoms with E-state index in [1.807, 2.05) is 0 Å². The zero-order valence-electron chi connectivity index (χ0n) is 18.2. The van der Waals surface area contributed by atoms with E-state index >= 15 is 0 Å². The molecule has 0 bridgehead atoms. The van der Waals surface area contributed by atoms with Crippen LogP contribution in [0, 0.1) is 0 Å². The maximum atomic E-state index is 13.6. The number of rotatable bonds is 14. The third kappa shape index (κ3) is 5.75. The van der Waals surface area contributed by atoms with E-state index in [0.717, 1.165) is 21.3 Å². The van der Waals surface area contributed by atoms with Gasteiger partial charge in [0.25, 0.3) is 0 Å². The largest absolute Gasteiger partial charge is 0.500 e. The molecule has 22 heteroatoms. The number of halogens is 17. The fourth-order valence-corrected chi connectivity index (χ4v) is 3.99. The Morgan fingerprint density at radius 1 is 0.568 bits per heavy atom. The second-order valence-corrected chi connectivity index (χ2v) is 9.87.